The summed E-state index contributed by atoms with van der Waals surface area (Å²) < 4.78 is 14.3. The average Bonchev–Trinajstić information content (AvgIpc) is 3.25. The van der Waals surface area contributed by atoms with Crippen LogP contribution in [0.3, 0.4) is 0 Å². The van der Waals surface area contributed by atoms with Crippen LogP contribution in [0.15, 0.2) is 72.8 Å². The minimum absolute atomic E-state index is 0.0101. The molecule has 6 rings (SSSR count). The molecule has 2 aliphatic heterocycles. The SMILES string of the molecule is O=C1[C@H]2Cc3c([nH]c4ccccc34)[C@H](c3cccc([N+](=O)[O-])c3)N2C(=O)CN1Cc1ccccc1F. The number of benzene rings is 3. The third-order valence-electron chi connectivity index (χ3n) is 7.06. The van der Waals surface area contributed by atoms with E-state index in [0.717, 1.165) is 22.2 Å². The van der Waals surface area contributed by atoms with Crippen molar-refractivity contribution in [2.75, 3.05) is 6.54 Å². The molecule has 0 spiro atoms. The number of fused-ring (bicyclic) bond motifs is 4. The summed E-state index contributed by atoms with van der Waals surface area (Å²) in [5.41, 5.74) is 3.30. The number of aromatic nitrogens is 1. The maximum atomic E-state index is 14.3. The maximum Gasteiger partial charge on any atom is 0.269 e. The number of hydrogen-bond donors (Lipinski definition) is 1. The molecule has 0 unspecified atom stereocenters. The molecule has 3 heterocycles. The molecule has 1 saturated heterocycles. The number of hydrogen-bond acceptors (Lipinski definition) is 4. The van der Waals surface area contributed by atoms with Crippen molar-refractivity contribution in [1.29, 1.82) is 0 Å². The Kier molecular flexibility index (Phi) is 5.06. The molecule has 0 bridgehead atoms. The predicted molar refractivity (Wildman–Crippen MR) is 129 cm³/mol. The summed E-state index contributed by atoms with van der Waals surface area (Å²) in [5, 5.41) is 12.4. The third-order valence-corrected chi connectivity index (χ3v) is 7.06. The lowest BCUT2D eigenvalue weighted by Crippen LogP contribution is -2.62. The van der Waals surface area contributed by atoms with Crippen LogP contribution in [-0.2, 0) is 22.6 Å². The fourth-order valence-electron chi connectivity index (χ4n) is 5.44. The van der Waals surface area contributed by atoms with Crippen LogP contribution in [0, 0.1) is 15.9 Å². The molecule has 1 aromatic heterocycles. The van der Waals surface area contributed by atoms with Gasteiger partial charge in [-0.1, -0.05) is 48.5 Å². The zero-order valence-corrected chi connectivity index (χ0v) is 19.1. The number of H-pyrrole nitrogens is 1. The van der Waals surface area contributed by atoms with Crippen LogP contribution in [0.1, 0.15) is 28.4 Å². The van der Waals surface area contributed by atoms with E-state index in [9.17, 15) is 24.1 Å². The number of nitrogens with one attached hydrogen (secondary N) is 1. The molecule has 9 heteroatoms. The fraction of sp³-hybridized carbons (Fsp3) is 0.185. The summed E-state index contributed by atoms with van der Waals surface area (Å²) in [6.45, 7) is -0.214. The number of halogens is 1. The second-order valence-electron chi connectivity index (χ2n) is 9.12. The average molecular weight is 484 g/mol. The van der Waals surface area contributed by atoms with E-state index >= 15 is 0 Å². The van der Waals surface area contributed by atoms with Gasteiger partial charge in [-0.2, -0.15) is 0 Å². The first-order valence-electron chi connectivity index (χ1n) is 11.6. The highest BCUT2D eigenvalue weighted by Gasteiger charge is 2.48. The first-order chi connectivity index (χ1) is 17.4. The topological polar surface area (TPSA) is 99.5 Å². The fourth-order valence-corrected chi connectivity index (χ4v) is 5.44. The molecule has 0 aliphatic carbocycles. The highest BCUT2D eigenvalue weighted by Crippen LogP contribution is 2.43. The lowest BCUT2D eigenvalue weighted by molar-refractivity contribution is -0.384. The molecule has 1 fully saturated rings. The molecule has 0 saturated carbocycles. The molecule has 2 amide bonds. The van der Waals surface area contributed by atoms with E-state index in [-0.39, 0.29) is 30.6 Å². The number of nitro groups is 1. The Morgan fingerprint density at radius 1 is 1.03 bits per heavy atom. The van der Waals surface area contributed by atoms with Crippen molar-refractivity contribution in [3.8, 4) is 0 Å². The summed E-state index contributed by atoms with van der Waals surface area (Å²) in [5.74, 6) is -1.00. The molecular weight excluding hydrogens is 463 g/mol. The number of non-ortho nitro benzene ring substituents is 1. The van der Waals surface area contributed by atoms with Crippen LogP contribution < -0.4 is 0 Å². The van der Waals surface area contributed by atoms with Crippen molar-refractivity contribution in [3.63, 3.8) is 0 Å². The van der Waals surface area contributed by atoms with E-state index < -0.39 is 22.8 Å². The Balaban J connectivity index is 1.47. The summed E-state index contributed by atoms with van der Waals surface area (Å²) >= 11 is 0. The molecule has 0 radical (unpaired) electrons. The van der Waals surface area contributed by atoms with Crippen molar-refractivity contribution < 1.29 is 18.9 Å². The van der Waals surface area contributed by atoms with Crippen molar-refractivity contribution in [2.45, 2.75) is 25.0 Å². The zero-order chi connectivity index (χ0) is 25.0. The highest BCUT2D eigenvalue weighted by atomic mass is 19.1. The second-order valence-corrected chi connectivity index (χ2v) is 9.12. The Morgan fingerprint density at radius 2 is 1.81 bits per heavy atom. The number of amides is 2. The van der Waals surface area contributed by atoms with Crippen molar-refractivity contribution >= 4 is 28.4 Å². The zero-order valence-electron chi connectivity index (χ0n) is 19.1. The van der Waals surface area contributed by atoms with Crippen LogP contribution >= 0.6 is 0 Å². The van der Waals surface area contributed by atoms with Gasteiger partial charge in [-0.05, 0) is 23.3 Å². The molecule has 4 aromatic rings. The van der Waals surface area contributed by atoms with Gasteiger partial charge >= 0.3 is 0 Å². The number of carbonyl (C=O) groups excluding carboxylic acids is 2. The van der Waals surface area contributed by atoms with Crippen molar-refractivity contribution in [3.05, 3.63) is 111 Å². The second kappa shape index (κ2) is 8.30. The maximum absolute atomic E-state index is 14.3. The molecule has 2 aliphatic rings. The minimum atomic E-state index is -0.811. The van der Waals surface area contributed by atoms with E-state index in [1.807, 2.05) is 24.3 Å². The Bertz CT molecular complexity index is 1550. The number of nitrogens with zero attached hydrogens (tertiary/aromatic N) is 3. The summed E-state index contributed by atoms with van der Waals surface area (Å²) in [7, 11) is 0. The van der Waals surface area contributed by atoms with Gasteiger partial charge in [-0.25, -0.2) is 4.39 Å². The van der Waals surface area contributed by atoms with Gasteiger partial charge in [-0.15, -0.1) is 0 Å². The van der Waals surface area contributed by atoms with Gasteiger partial charge in [0.05, 0.1) is 11.0 Å². The Hall–Kier alpha value is -4.53. The number of rotatable bonds is 4. The third kappa shape index (κ3) is 3.43. The van der Waals surface area contributed by atoms with Gasteiger partial charge < -0.3 is 14.8 Å². The van der Waals surface area contributed by atoms with Crippen LogP contribution in [0.2, 0.25) is 0 Å². The molecule has 2 atom stereocenters. The Morgan fingerprint density at radius 3 is 2.61 bits per heavy atom. The minimum Gasteiger partial charge on any atom is -0.356 e. The van der Waals surface area contributed by atoms with Gasteiger partial charge in [0.25, 0.3) is 5.69 Å². The number of para-hydroxylation sites is 1. The largest absolute Gasteiger partial charge is 0.356 e. The molecule has 1 N–H and O–H groups in total. The number of carbonyl (C=O) groups is 2. The van der Waals surface area contributed by atoms with Gasteiger partial charge in [0.2, 0.25) is 11.8 Å². The summed E-state index contributed by atoms with van der Waals surface area (Å²) in [6.07, 6.45) is 0.295. The van der Waals surface area contributed by atoms with Gasteiger partial charge in [0, 0.05) is 47.3 Å². The highest BCUT2D eigenvalue weighted by molar-refractivity contribution is 5.97. The van der Waals surface area contributed by atoms with Crippen LogP contribution in [0.4, 0.5) is 10.1 Å². The molecule has 3 aromatic carbocycles. The van der Waals surface area contributed by atoms with Gasteiger partial charge in [-0.3, -0.25) is 19.7 Å². The van der Waals surface area contributed by atoms with Crippen LogP contribution in [0.25, 0.3) is 10.9 Å². The standard InChI is InChI=1S/C27H21FN4O4/c28-21-10-3-1-6-17(21)14-30-15-24(33)31-23(27(30)34)13-20-19-9-2-4-11-22(19)29-25(20)26(31)16-7-5-8-18(12-16)32(35)36/h1-12,23,26,29H,13-15H2/t23-,26+/m1/s1. The lowest BCUT2D eigenvalue weighted by Gasteiger charge is -2.47. The predicted octanol–water partition coefficient (Wildman–Crippen LogP) is 4.10. The summed E-state index contributed by atoms with van der Waals surface area (Å²) in [6, 6.07) is 18.5. The number of piperazine rings is 1. The monoisotopic (exact) mass is 484 g/mol. The molecule has 180 valence electrons. The number of nitro benzene ring substituents is 1. The van der Waals surface area contributed by atoms with E-state index in [4.69, 9.17) is 0 Å². The normalized spacial score (nSPS) is 19.4. The quantitative estimate of drug-likeness (QED) is 0.348. The first kappa shape index (κ1) is 22.0. The molecule has 8 nitrogen and oxygen atoms in total. The Labute approximate surface area is 205 Å². The first-order valence-corrected chi connectivity index (χ1v) is 11.6. The lowest BCUT2D eigenvalue weighted by atomic mass is 9.86. The van der Waals surface area contributed by atoms with Gasteiger partial charge in [0.15, 0.2) is 0 Å². The van der Waals surface area contributed by atoms with E-state index in [1.165, 1.54) is 28.0 Å². The van der Waals surface area contributed by atoms with E-state index in [1.54, 1.807) is 30.3 Å². The molecular formula is C27H21FN4O4. The van der Waals surface area contributed by atoms with Crippen LogP contribution in [0.5, 0.6) is 0 Å². The van der Waals surface area contributed by atoms with Crippen molar-refractivity contribution in [1.82, 2.24) is 14.8 Å². The summed E-state index contributed by atoms with van der Waals surface area (Å²) in [4.78, 5) is 44.7. The van der Waals surface area contributed by atoms with Gasteiger partial charge in [0.1, 0.15) is 18.4 Å². The van der Waals surface area contributed by atoms with Crippen LogP contribution in [-0.4, -0.2) is 44.1 Å². The number of aromatic amines is 1. The van der Waals surface area contributed by atoms with E-state index in [2.05, 4.69) is 4.98 Å². The van der Waals surface area contributed by atoms with Crippen molar-refractivity contribution in [2.24, 2.45) is 0 Å². The van der Waals surface area contributed by atoms with E-state index in [0.29, 0.717) is 17.5 Å². The smallest absolute Gasteiger partial charge is 0.269 e. The molecule has 36 heavy (non-hydrogen) atoms.